The molecule has 2 N–H and O–H groups in total. The fraction of sp³-hybridized carbons (Fsp3) is 0.333. The van der Waals surface area contributed by atoms with Crippen LogP contribution in [0.15, 0.2) is 53.4 Å². The molecule has 2 aromatic carbocycles. The Kier molecular flexibility index (Phi) is 6.50. The lowest BCUT2D eigenvalue weighted by Gasteiger charge is -2.19. The predicted octanol–water partition coefficient (Wildman–Crippen LogP) is 2.86. The second-order valence-electron chi connectivity index (χ2n) is 7.11. The molecule has 1 aliphatic carbocycles. The molecule has 9 heteroatoms. The number of carbonyl (C=O) groups is 2. The summed E-state index contributed by atoms with van der Waals surface area (Å²) in [6.07, 6.45) is 1.35. The number of hydrazine groups is 1. The van der Waals surface area contributed by atoms with Crippen LogP contribution in [-0.4, -0.2) is 37.6 Å². The molecule has 0 radical (unpaired) electrons. The van der Waals surface area contributed by atoms with Crippen LogP contribution in [0.25, 0.3) is 0 Å². The Morgan fingerprint density at radius 1 is 1.03 bits per heavy atom. The van der Waals surface area contributed by atoms with Crippen molar-refractivity contribution in [1.29, 1.82) is 0 Å². The number of amides is 2. The number of nitrogens with zero attached hydrogens (tertiary/aromatic N) is 1. The van der Waals surface area contributed by atoms with E-state index in [1.807, 2.05) is 0 Å². The van der Waals surface area contributed by atoms with E-state index >= 15 is 0 Å². The van der Waals surface area contributed by atoms with Crippen LogP contribution in [0.3, 0.4) is 0 Å². The van der Waals surface area contributed by atoms with E-state index in [4.69, 9.17) is 11.6 Å². The SMILES string of the molecule is CCN(CC)S(=O)(=O)c1cccc(C(=O)NNC(=O)C2(c3ccc(Cl)cc3)CC2)c1. The van der Waals surface area contributed by atoms with Gasteiger partial charge in [0.15, 0.2) is 0 Å². The zero-order chi connectivity index (χ0) is 21.9. The van der Waals surface area contributed by atoms with E-state index in [0.717, 1.165) is 5.56 Å². The van der Waals surface area contributed by atoms with Gasteiger partial charge < -0.3 is 0 Å². The number of halogens is 1. The molecule has 0 saturated heterocycles. The summed E-state index contributed by atoms with van der Waals surface area (Å²) < 4.78 is 26.7. The van der Waals surface area contributed by atoms with Gasteiger partial charge in [0.1, 0.15) is 0 Å². The van der Waals surface area contributed by atoms with Crippen molar-refractivity contribution in [3.63, 3.8) is 0 Å². The summed E-state index contributed by atoms with van der Waals surface area (Å²) in [5.41, 5.74) is 5.16. The van der Waals surface area contributed by atoms with Crippen LogP contribution >= 0.6 is 11.6 Å². The number of hydrogen-bond acceptors (Lipinski definition) is 4. The topological polar surface area (TPSA) is 95.6 Å². The van der Waals surface area contributed by atoms with E-state index in [1.54, 1.807) is 38.1 Å². The third kappa shape index (κ3) is 4.35. The zero-order valence-corrected chi connectivity index (χ0v) is 18.4. The summed E-state index contributed by atoms with van der Waals surface area (Å²) in [7, 11) is -3.69. The van der Waals surface area contributed by atoms with Gasteiger partial charge >= 0.3 is 0 Å². The lowest BCUT2D eigenvalue weighted by Crippen LogP contribution is -2.46. The molecular weight excluding hydrogens is 426 g/mol. The van der Waals surface area contributed by atoms with E-state index in [2.05, 4.69) is 10.9 Å². The van der Waals surface area contributed by atoms with Crippen LogP contribution in [0.5, 0.6) is 0 Å². The third-order valence-electron chi connectivity index (χ3n) is 5.31. The zero-order valence-electron chi connectivity index (χ0n) is 16.8. The summed E-state index contributed by atoms with van der Waals surface area (Å²) in [5, 5.41) is 0.586. The van der Waals surface area contributed by atoms with Crippen molar-refractivity contribution in [2.75, 3.05) is 13.1 Å². The molecule has 0 heterocycles. The third-order valence-corrected chi connectivity index (χ3v) is 7.61. The van der Waals surface area contributed by atoms with Gasteiger partial charge in [-0.2, -0.15) is 4.31 Å². The van der Waals surface area contributed by atoms with E-state index in [0.29, 0.717) is 31.0 Å². The van der Waals surface area contributed by atoms with Crippen molar-refractivity contribution >= 4 is 33.4 Å². The van der Waals surface area contributed by atoms with Crippen molar-refractivity contribution in [3.05, 3.63) is 64.7 Å². The first-order chi connectivity index (χ1) is 14.2. The molecule has 0 aromatic heterocycles. The maximum atomic E-state index is 12.7. The number of benzene rings is 2. The number of hydrogen-bond donors (Lipinski definition) is 2. The van der Waals surface area contributed by atoms with Gasteiger partial charge in [-0.05, 0) is 48.7 Å². The molecule has 0 unspecified atom stereocenters. The molecule has 0 atom stereocenters. The van der Waals surface area contributed by atoms with Crippen LogP contribution in [0, 0.1) is 0 Å². The second kappa shape index (κ2) is 8.75. The largest absolute Gasteiger partial charge is 0.272 e. The molecule has 7 nitrogen and oxygen atoms in total. The predicted molar refractivity (Wildman–Crippen MR) is 115 cm³/mol. The molecule has 160 valence electrons. The summed E-state index contributed by atoms with van der Waals surface area (Å²) >= 11 is 5.91. The molecule has 30 heavy (non-hydrogen) atoms. The van der Waals surface area contributed by atoms with Crippen LogP contribution in [-0.2, 0) is 20.2 Å². The minimum atomic E-state index is -3.69. The standard InChI is InChI=1S/C21H24ClN3O4S/c1-3-25(4-2)30(28,29)18-7-5-6-15(14-18)19(26)23-24-20(27)21(12-13-21)16-8-10-17(22)11-9-16/h5-11,14H,3-4,12-13H2,1-2H3,(H,23,26)(H,24,27). The van der Waals surface area contributed by atoms with Gasteiger partial charge in [0, 0.05) is 23.7 Å². The fourth-order valence-corrected chi connectivity index (χ4v) is 4.99. The molecule has 3 rings (SSSR count). The monoisotopic (exact) mass is 449 g/mol. The molecule has 1 aliphatic rings. The van der Waals surface area contributed by atoms with Gasteiger partial charge in [-0.25, -0.2) is 8.42 Å². The lowest BCUT2D eigenvalue weighted by atomic mass is 9.95. The lowest BCUT2D eigenvalue weighted by molar-refractivity contribution is -0.124. The summed E-state index contributed by atoms with van der Waals surface area (Å²) in [4.78, 5) is 25.2. The van der Waals surface area contributed by atoms with E-state index < -0.39 is 21.3 Å². The summed E-state index contributed by atoms with van der Waals surface area (Å²) in [6.45, 7) is 4.17. The quantitative estimate of drug-likeness (QED) is 0.635. The van der Waals surface area contributed by atoms with Crippen LogP contribution in [0.2, 0.25) is 5.02 Å². The molecule has 0 bridgehead atoms. The molecular formula is C21H24ClN3O4S. The number of carbonyl (C=O) groups excluding carboxylic acids is 2. The highest BCUT2D eigenvalue weighted by molar-refractivity contribution is 7.89. The Bertz CT molecular complexity index is 1050. The first-order valence-electron chi connectivity index (χ1n) is 9.71. The van der Waals surface area contributed by atoms with Crippen molar-refractivity contribution in [2.45, 2.75) is 37.0 Å². The highest BCUT2D eigenvalue weighted by Crippen LogP contribution is 2.48. The maximum Gasteiger partial charge on any atom is 0.269 e. The van der Waals surface area contributed by atoms with Gasteiger partial charge in [0.25, 0.3) is 5.91 Å². The van der Waals surface area contributed by atoms with E-state index in [1.165, 1.54) is 28.6 Å². The number of nitrogens with one attached hydrogen (secondary N) is 2. The minimum absolute atomic E-state index is 0.0324. The van der Waals surface area contributed by atoms with Crippen molar-refractivity contribution in [3.8, 4) is 0 Å². The van der Waals surface area contributed by atoms with Crippen LogP contribution in [0.1, 0.15) is 42.6 Å². The Hall–Kier alpha value is -2.42. The fourth-order valence-electron chi connectivity index (χ4n) is 3.36. The summed E-state index contributed by atoms with van der Waals surface area (Å²) in [5.74, 6) is -0.906. The molecule has 0 spiro atoms. The molecule has 1 fully saturated rings. The highest BCUT2D eigenvalue weighted by Gasteiger charge is 2.51. The first-order valence-corrected chi connectivity index (χ1v) is 11.5. The average molecular weight is 450 g/mol. The van der Waals surface area contributed by atoms with Crippen molar-refractivity contribution in [2.24, 2.45) is 0 Å². The van der Waals surface area contributed by atoms with Gasteiger partial charge in [-0.15, -0.1) is 0 Å². The van der Waals surface area contributed by atoms with Gasteiger partial charge in [-0.1, -0.05) is 43.6 Å². The van der Waals surface area contributed by atoms with E-state index in [-0.39, 0.29) is 16.4 Å². The van der Waals surface area contributed by atoms with Crippen molar-refractivity contribution < 1.29 is 18.0 Å². The second-order valence-corrected chi connectivity index (χ2v) is 9.49. The minimum Gasteiger partial charge on any atom is -0.272 e. The highest BCUT2D eigenvalue weighted by atomic mass is 35.5. The Morgan fingerprint density at radius 3 is 2.23 bits per heavy atom. The summed E-state index contributed by atoms with van der Waals surface area (Å²) in [6, 6.07) is 12.8. The van der Waals surface area contributed by atoms with Gasteiger partial charge in [0.05, 0.1) is 10.3 Å². The molecule has 1 saturated carbocycles. The first kappa shape index (κ1) is 22.3. The van der Waals surface area contributed by atoms with Crippen LogP contribution in [0.4, 0.5) is 0 Å². The van der Waals surface area contributed by atoms with Gasteiger partial charge in [0.2, 0.25) is 15.9 Å². The normalized spacial score (nSPS) is 14.9. The van der Waals surface area contributed by atoms with Crippen molar-refractivity contribution in [1.82, 2.24) is 15.2 Å². The number of sulfonamides is 1. The average Bonchev–Trinajstić information content (AvgIpc) is 3.55. The molecule has 0 aliphatic heterocycles. The molecule has 2 amide bonds. The Labute approximate surface area is 181 Å². The Balaban J connectivity index is 1.70. The van der Waals surface area contributed by atoms with E-state index in [9.17, 15) is 18.0 Å². The van der Waals surface area contributed by atoms with Gasteiger partial charge in [-0.3, -0.25) is 20.4 Å². The smallest absolute Gasteiger partial charge is 0.269 e. The number of rotatable bonds is 7. The Morgan fingerprint density at radius 2 is 1.67 bits per heavy atom. The molecule has 2 aromatic rings. The van der Waals surface area contributed by atoms with Crippen LogP contribution < -0.4 is 10.9 Å². The maximum absolute atomic E-state index is 12.7.